The molecule has 2 rings (SSSR count). The Morgan fingerprint density at radius 1 is 1.33 bits per heavy atom. The molecule has 6 nitrogen and oxygen atoms in total. The number of halogens is 2. The van der Waals surface area contributed by atoms with E-state index in [9.17, 15) is 9.18 Å². The van der Waals surface area contributed by atoms with Gasteiger partial charge < -0.3 is 14.5 Å². The lowest BCUT2D eigenvalue weighted by Gasteiger charge is -2.43. The van der Waals surface area contributed by atoms with Gasteiger partial charge in [-0.2, -0.15) is 5.26 Å². The third-order valence-electron chi connectivity index (χ3n) is 4.74. The Bertz CT molecular complexity index is 744. The van der Waals surface area contributed by atoms with Crippen LogP contribution >= 0.6 is 11.6 Å². The van der Waals surface area contributed by atoms with Gasteiger partial charge in [0.05, 0.1) is 17.6 Å². The first-order chi connectivity index (χ1) is 12.5. The van der Waals surface area contributed by atoms with E-state index in [2.05, 4.69) is 4.98 Å². The number of likely N-dealkylation sites (N-methyl/N-ethyl adjacent to an activating group) is 2. The lowest BCUT2D eigenvalue weighted by molar-refractivity contribution is 0.0165. The maximum atomic E-state index is 14.5. The Labute approximate surface area is 164 Å². The van der Waals surface area contributed by atoms with Gasteiger partial charge in [0.2, 0.25) is 0 Å². The third-order valence-corrected chi connectivity index (χ3v) is 5.02. The number of nitrogens with zero attached hydrogens (tertiary/aromatic N) is 4. The largest absolute Gasteiger partial charge is 0.444 e. The fraction of sp³-hybridized carbons (Fsp3) is 0.632. The number of carbonyl (C=O) groups excluding carboxylic acids is 1. The molecule has 1 fully saturated rings. The third kappa shape index (κ3) is 5.01. The number of hydrogen-bond donors (Lipinski definition) is 0. The molecule has 1 amide bonds. The maximum Gasteiger partial charge on any atom is 0.410 e. The van der Waals surface area contributed by atoms with E-state index < -0.39 is 17.5 Å². The monoisotopic (exact) mass is 396 g/mol. The Morgan fingerprint density at radius 3 is 2.48 bits per heavy atom. The number of carbonyl (C=O) groups is 1. The number of hydrogen-bond acceptors (Lipinski definition) is 5. The minimum Gasteiger partial charge on any atom is -0.444 e. The summed E-state index contributed by atoms with van der Waals surface area (Å²) >= 11 is 6.00. The molecule has 1 aromatic rings. The van der Waals surface area contributed by atoms with Crippen molar-refractivity contribution in [2.45, 2.75) is 64.1 Å². The highest BCUT2D eigenvalue weighted by molar-refractivity contribution is 6.30. The molecule has 8 heteroatoms. The predicted molar refractivity (Wildman–Crippen MR) is 102 cm³/mol. The molecule has 148 valence electrons. The summed E-state index contributed by atoms with van der Waals surface area (Å²) in [6.07, 6.45) is 3.12. The number of aromatic nitrogens is 1. The second-order valence-electron chi connectivity index (χ2n) is 7.87. The van der Waals surface area contributed by atoms with Crippen molar-refractivity contribution in [1.82, 2.24) is 9.88 Å². The molecule has 1 aliphatic carbocycles. The van der Waals surface area contributed by atoms with Crippen molar-refractivity contribution in [1.29, 1.82) is 5.26 Å². The normalized spacial score (nSPS) is 19.9. The van der Waals surface area contributed by atoms with Gasteiger partial charge in [-0.1, -0.05) is 24.4 Å². The molecule has 27 heavy (non-hydrogen) atoms. The molecular formula is C19H26ClFN4O2. The number of anilines is 1. The zero-order valence-corrected chi connectivity index (χ0v) is 17.2. The van der Waals surface area contributed by atoms with Crippen LogP contribution in [0.2, 0.25) is 5.15 Å². The Balaban J connectivity index is 2.28. The Hall–Kier alpha value is -2.07. The highest BCUT2D eigenvalue weighted by Crippen LogP contribution is 2.31. The molecule has 1 aliphatic rings. The Morgan fingerprint density at radius 2 is 1.93 bits per heavy atom. The summed E-state index contributed by atoms with van der Waals surface area (Å²) in [5.74, 6) is -0.531. The summed E-state index contributed by atoms with van der Waals surface area (Å²) in [4.78, 5) is 19.9. The van der Waals surface area contributed by atoms with Gasteiger partial charge in [-0.3, -0.25) is 0 Å². The van der Waals surface area contributed by atoms with Crippen molar-refractivity contribution in [3.63, 3.8) is 0 Å². The van der Waals surface area contributed by atoms with Gasteiger partial charge in [-0.25, -0.2) is 14.2 Å². The first-order valence-corrected chi connectivity index (χ1v) is 9.37. The number of rotatable bonds is 3. The van der Waals surface area contributed by atoms with Crippen LogP contribution in [0.3, 0.4) is 0 Å². The van der Waals surface area contributed by atoms with E-state index in [-0.39, 0.29) is 28.6 Å². The van der Waals surface area contributed by atoms with Crippen molar-refractivity contribution in [3.05, 3.63) is 22.6 Å². The van der Waals surface area contributed by atoms with E-state index in [0.29, 0.717) is 0 Å². The van der Waals surface area contributed by atoms with Crippen molar-refractivity contribution >= 4 is 23.5 Å². The lowest BCUT2D eigenvalue weighted by Crippen LogP contribution is -2.54. The molecular weight excluding hydrogens is 371 g/mol. The summed E-state index contributed by atoms with van der Waals surface area (Å²) in [6.45, 7) is 5.46. The fourth-order valence-corrected chi connectivity index (χ4v) is 3.58. The highest BCUT2D eigenvalue weighted by Gasteiger charge is 2.36. The van der Waals surface area contributed by atoms with Crippen molar-refractivity contribution in [3.8, 4) is 6.07 Å². The van der Waals surface area contributed by atoms with Gasteiger partial charge in [0.15, 0.2) is 11.6 Å². The molecule has 1 heterocycles. The van der Waals surface area contributed by atoms with Gasteiger partial charge >= 0.3 is 6.09 Å². The second-order valence-corrected chi connectivity index (χ2v) is 8.22. The smallest absolute Gasteiger partial charge is 0.410 e. The van der Waals surface area contributed by atoms with Gasteiger partial charge in [0.1, 0.15) is 16.8 Å². The maximum absolute atomic E-state index is 14.5. The van der Waals surface area contributed by atoms with Gasteiger partial charge in [-0.15, -0.1) is 0 Å². The summed E-state index contributed by atoms with van der Waals surface area (Å²) in [5.41, 5.74) is -0.590. The summed E-state index contributed by atoms with van der Waals surface area (Å²) in [7, 11) is 3.44. The standard InChI is InChI=1S/C19H26ClFN4O2/c1-19(2,3)27-18(26)25(5)15-9-7-6-8-14(15)24(4)17-13(21)10-12(11-22)16(20)23-17/h10,14-15H,6-9H2,1-5H3/t14-,15+/m1/s1. The van der Waals surface area contributed by atoms with E-state index >= 15 is 0 Å². The fourth-order valence-electron chi connectivity index (χ4n) is 3.40. The minimum atomic E-state index is -0.609. The average Bonchev–Trinajstić information content (AvgIpc) is 2.60. The molecule has 2 atom stereocenters. The van der Waals surface area contributed by atoms with E-state index in [1.54, 1.807) is 23.9 Å². The zero-order valence-electron chi connectivity index (χ0n) is 16.4. The molecule has 0 bridgehead atoms. The van der Waals surface area contributed by atoms with Crippen molar-refractivity contribution < 1.29 is 13.9 Å². The summed E-state index contributed by atoms with van der Waals surface area (Å²) in [6, 6.07) is 2.64. The highest BCUT2D eigenvalue weighted by atomic mass is 35.5. The number of amides is 1. The van der Waals surface area contributed by atoms with Crippen LogP contribution in [0.1, 0.15) is 52.0 Å². The predicted octanol–water partition coefficient (Wildman–Crippen LogP) is 4.36. The molecule has 0 aromatic carbocycles. The molecule has 0 spiro atoms. The zero-order chi connectivity index (χ0) is 20.4. The van der Waals surface area contributed by atoms with E-state index in [1.807, 2.05) is 26.8 Å². The number of pyridine rings is 1. The second kappa shape index (κ2) is 8.30. The van der Waals surface area contributed by atoms with Crippen molar-refractivity contribution in [2.75, 3.05) is 19.0 Å². The van der Waals surface area contributed by atoms with E-state index in [4.69, 9.17) is 21.6 Å². The van der Waals surface area contributed by atoms with Crippen LogP contribution in [-0.4, -0.2) is 47.8 Å². The number of ether oxygens (including phenoxy) is 1. The summed E-state index contributed by atoms with van der Waals surface area (Å²) in [5, 5.41) is 8.94. The molecule has 0 aliphatic heterocycles. The van der Waals surface area contributed by atoms with Crippen LogP contribution in [0, 0.1) is 17.1 Å². The first kappa shape index (κ1) is 21.2. The van der Waals surface area contributed by atoms with E-state index in [0.717, 1.165) is 31.7 Å². The van der Waals surface area contributed by atoms with Crippen molar-refractivity contribution in [2.24, 2.45) is 0 Å². The van der Waals surface area contributed by atoms with Crippen LogP contribution < -0.4 is 4.90 Å². The molecule has 1 aromatic heterocycles. The molecule has 1 saturated carbocycles. The molecule has 0 radical (unpaired) electrons. The van der Waals surface area contributed by atoms with Crippen LogP contribution in [0.15, 0.2) is 6.07 Å². The minimum absolute atomic E-state index is 0.00242. The molecule has 0 saturated heterocycles. The average molecular weight is 397 g/mol. The number of nitriles is 1. The van der Waals surface area contributed by atoms with E-state index in [1.165, 1.54) is 0 Å². The first-order valence-electron chi connectivity index (χ1n) is 9.00. The van der Waals surface area contributed by atoms with Crippen LogP contribution in [-0.2, 0) is 4.74 Å². The van der Waals surface area contributed by atoms with Crippen LogP contribution in [0.25, 0.3) is 0 Å². The summed E-state index contributed by atoms with van der Waals surface area (Å²) < 4.78 is 20.0. The topological polar surface area (TPSA) is 69.5 Å². The van der Waals surface area contributed by atoms with Gasteiger partial charge in [0.25, 0.3) is 0 Å². The Kier molecular flexibility index (Phi) is 6.53. The van der Waals surface area contributed by atoms with Crippen LogP contribution in [0.4, 0.5) is 15.0 Å². The quantitative estimate of drug-likeness (QED) is 0.710. The SMILES string of the molecule is CN(C(=O)OC(C)(C)C)[C@H]1CCCC[C@H]1N(C)c1nc(Cl)c(C#N)cc1F. The van der Waals surface area contributed by atoms with Crippen LogP contribution in [0.5, 0.6) is 0 Å². The lowest BCUT2D eigenvalue weighted by atomic mass is 9.88. The molecule has 0 unspecified atom stereocenters. The van der Waals surface area contributed by atoms with Gasteiger partial charge in [0, 0.05) is 14.1 Å². The van der Waals surface area contributed by atoms with Gasteiger partial charge in [-0.05, 0) is 39.7 Å². The molecule has 0 N–H and O–H groups in total.